The maximum Gasteiger partial charge on any atom is 0.253 e. The number of benzene rings is 3. The van der Waals surface area contributed by atoms with E-state index in [1.54, 1.807) is 41.3 Å². The Balaban J connectivity index is 1.52. The largest absolute Gasteiger partial charge is 0.338 e. The van der Waals surface area contributed by atoms with Crippen LogP contribution in [0.1, 0.15) is 42.1 Å². The third-order valence-electron chi connectivity index (χ3n) is 6.95. The van der Waals surface area contributed by atoms with Gasteiger partial charge in [-0.15, -0.1) is 0 Å². The van der Waals surface area contributed by atoms with Crippen LogP contribution in [0.3, 0.4) is 0 Å². The number of sulfonamides is 1. The predicted molar refractivity (Wildman–Crippen MR) is 156 cm³/mol. The number of rotatable bonds is 10. The summed E-state index contributed by atoms with van der Waals surface area (Å²) < 4.78 is 28.9. The molecule has 0 atom stereocenters. The van der Waals surface area contributed by atoms with Gasteiger partial charge in [0.2, 0.25) is 15.9 Å². The van der Waals surface area contributed by atoms with Crippen molar-refractivity contribution in [3.05, 3.63) is 101 Å². The molecule has 0 unspecified atom stereocenters. The Labute approximate surface area is 239 Å². The lowest BCUT2D eigenvalue weighted by Gasteiger charge is -2.39. The second-order valence-corrected chi connectivity index (χ2v) is 12.5. The maximum atomic E-state index is 13.8. The van der Waals surface area contributed by atoms with Crippen LogP contribution >= 0.6 is 15.9 Å². The van der Waals surface area contributed by atoms with Crippen molar-refractivity contribution >= 4 is 37.8 Å². The number of halogens is 1. The van der Waals surface area contributed by atoms with Gasteiger partial charge in [0.1, 0.15) is 0 Å². The van der Waals surface area contributed by atoms with Crippen LogP contribution < -0.4 is 0 Å². The van der Waals surface area contributed by atoms with Crippen LogP contribution in [0.5, 0.6) is 0 Å². The van der Waals surface area contributed by atoms with Gasteiger partial charge in [0, 0.05) is 42.3 Å². The topological polar surface area (TPSA) is 78.0 Å². The molecule has 7 nitrogen and oxygen atoms in total. The summed E-state index contributed by atoms with van der Waals surface area (Å²) in [5.74, 6) is -0.262. The summed E-state index contributed by atoms with van der Waals surface area (Å²) in [6, 6.07) is 25.2. The smallest absolute Gasteiger partial charge is 0.253 e. The van der Waals surface area contributed by atoms with Gasteiger partial charge in [0.05, 0.1) is 11.4 Å². The molecule has 0 aliphatic carbocycles. The predicted octanol–water partition coefficient (Wildman–Crippen LogP) is 5.18. The van der Waals surface area contributed by atoms with Crippen molar-refractivity contribution in [3.63, 3.8) is 0 Å². The SMILES string of the molecule is CCCN(CC(=O)N(Cc1ccccc1)C1CCN(C(=O)c2cccc(Br)c2)CC1)S(=O)(=O)c1ccccc1. The second-order valence-electron chi connectivity index (χ2n) is 9.69. The standard InChI is InChI=1S/C30H34BrN3O4S/c1-2-18-33(39(37,38)28-14-7-4-8-15-28)23-29(35)34(22-24-10-5-3-6-11-24)27-16-19-32(20-17-27)30(36)25-12-9-13-26(31)21-25/h3-15,21,27H,2,16-20,22-23H2,1H3. The van der Waals surface area contributed by atoms with E-state index < -0.39 is 10.0 Å². The van der Waals surface area contributed by atoms with E-state index in [0.717, 1.165) is 10.0 Å². The number of piperidine rings is 1. The number of hydrogen-bond acceptors (Lipinski definition) is 4. The molecule has 1 aliphatic rings. The number of carbonyl (C=O) groups excluding carboxylic acids is 2. The fourth-order valence-electron chi connectivity index (χ4n) is 4.90. The van der Waals surface area contributed by atoms with Gasteiger partial charge in [-0.3, -0.25) is 9.59 Å². The molecule has 1 heterocycles. The van der Waals surface area contributed by atoms with Crippen LogP contribution in [-0.2, 0) is 21.4 Å². The monoisotopic (exact) mass is 611 g/mol. The third kappa shape index (κ3) is 7.35. The fourth-order valence-corrected chi connectivity index (χ4v) is 6.80. The molecule has 3 aromatic rings. The molecule has 1 saturated heterocycles. The van der Waals surface area contributed by atoms with Crippen molar-refractivity contribution in [1.29, 1.82) is 0 Å². The number of hydrogen-bond donors (Lipinski definition) is 0. The van der Waals surface area contributed by atoms with Crippen LogP contribution in [0.2, 0.25) is 0 Å². The van der Waals surface area contributed by atoms with E-state index in [9.17, 15) is 18.0 Å². The van der Waals surface area contributed by atoms with Crippen molar-refractivity contribution in [3.8, 4) is 0 Å². The fraction of sp³-hybridized carbons (Fsp3) is 0.333. The first-order valence-electron chi connectivity index (χ1n) is 13.2. The highest BCUT2D eigenvalue weighted by Gasteiger charge is 2.33. The Kier molecular flexibility index (Phi) is 9.94. The zero-order valence-electron chi connectivity index (χ0n) is 22.1. The molecule has 0 radical (unpaired) electrons. The molecule has 0 saturated carbocycles. The molecule has 0 bridgehead atoms. The van der Waals surface area contributed by atoms with Gasteiger partial charge in [-0.1, -0.05) is 77.5 Å². The van der Waals surface area contributed by atoms with Crippen LogP contribution in [0, 0.1) is 0 Å². The van der Waals surface area contributed by atoms with Gasteiger partial charge in [-0.05, 0) is 55.2 Å². The minimum absolute atomic E-state index is 0.0289. The van der Waals surface area contributed by atoms with E-state index in [-0.39, 0.29) is 35.8 Å². The zero-order chi connectivity index (χ0) is 27.8. The Hall–Kier alpha value is -3.01. The molecule has 206 valence electrons. The van der Waals surface area contributed by atoms with Gasteiger partial charge in [-0.25, -0.2) is 8.42 Å². The first kappa shape index (κ1) is 29.0. The average Bonchev–Trinajstić information content (AvgIpc) is 2.96. The molecule has 4 rings (SSSR count). The molecule has 2 amide bonds. The lowest BCUT2D eigenvalue weighted by molar-refractivity contribution is -0.135. The number of carbonyl (C=O) groups is 2. The van der Waals surface area contributed by atoms with Crippen molar-refractivity contribution in [1.82, 2.24) is 14.1 Å². The summed E-state index contributed by atoms with van der Waals surface area (Å²) in [7, 11) is -3.82. The molecule has 0 N–H and O–H groups in total. The van der Waals surface area contributed by atoms with Crippen molar-refractivity contribution in [2.24, 2.45) is 0 Å². The number of amides is 2. The molecule has 3 aromatic carbocycles. The van der Waals surface area contributed by atoms with E-state index in [0.29, 0.717) is 44.5 Å². The van der Waals surface area contributed by atoms with Crippen LogP contribution in [-0.4, -0.2) is 66.6 Å². The van der Waals surface area contributed by atoms with Gasteiger partial charge < -0.3 is 9.80 Å². The number of nitrogens with zero attached hydrogens (tertiary/aromatic N) is 3. The van der Waals surface area contributed by atoms with Crippen molar-refractivity contribution in [2.75, 3.05) is 26.2 Å². The summed E-state index contributed by atoms with van der Waals surface area (Å²) in [6.07, 6.45) is 1.84. The van der Waals surface area contributed by atoms with E-state index in [1.807, 2.05) is 60.4 Å². The lowest BCUT2D eigenvalue weighted by atomic mass is 10.0. The van der Waals surface area contributed by atoms with Crippen LogP contribution in [0.4, 0.5) is 0 Å². The first-order valence-corrected chi connectivity index (χ1v) is 15.5. The Morgan fingerprint density at radius 1 is 0.923 bits per heavy atom. The molecule has 39 heavy (non-hydrogen) atoms. The van der Waals surface area contributed by atoms with Gasteiger partial charge in [-0.2, -0.15) is 4.31 Å². The Morgan fingerprint density at radius 3 is 2.18 bits per heavy atom. The van der Waals surface area contributed by atoms with E-state index in [2.05, 4.69) is 15.9 Å². The zero-order valence-corrected chi connectivity index (χ0v) is 24.5. The van der Waals surface area contributed by atoms with Crippen molar-refractivity contribution < 1.29 is 18.0 Å². The van der Waals surface area contributed by atoms with Gasteiger partial charge >= 0.3 is 0 Å². The van der Waals surface area contributed by atoms with Crippen LogP contribution in [0.15, 0.2) is 94.3 Å². The molecule has 1 fully saturated rings. The van der Waals surface area contributed by atoms with E-state index in [4.69, 9.17) is 0 Å². The summed E-state index contributed by atoms with van der Waals surface area (Å²) >= 11 is 3.43. The highest BCUT2D eigenvalue weighted by Crippen LogP contribution is 2.23. The summed E-state index contributed by atoms with van der Waals surface area (Å²) in [5, 5.41) is 0. The summed E-state index contributed by atoms with van der Waals surface area (Å²) in [5.41, 5.74) is 1.60. The molecule has 0 aromatic heterocycles. The highest BCUT2D eigenvalue weighted by molar-refractivity contribution is 9.10. The summed E-state index contributed by atoms with van der Waals surface area (Å²) in [6.45, 7) is 3.36. The third-order valence-corrected chi connectivity index (χ3v) is 9.30. The molecular weight excluding hydrogens is 578 g/mol. The average molecular weight is 613 g/mol. The Bertz CT molecular complexity index is 1360. The normalized spacial score (nSPS) is 14.4. The minimum atomic E-state index is -3.82. The van der Waals surface area contributed by atoms with E-state index in [1.165, 1.54) is 4.31 Å². The van der Waals surface area contributed by atoms with Crippen LogP contribution in [0.25, 0.3) is 0 Å². The lowest BCUT2D eigenvalue weighted by Crippen LogP contribution is -2.51. The molecule has 9 heteroatoms. The minimum Gasteiger partial charge on any atom is -0.338 e. The quantitative estimate of drug-likeness (QED) is 0.316. The van der Waals surface area contributed by atoms with Gasteiger partial charge in [0.15, 0.2) is 0 Å². The Morgan fingerprint density at radius 2 is 1.56 bits per heavy atom. The summed E-state index contributed by atoms with van der Waals surface area (Å²) in [4.78, 5) is 30.7. The molecule has 1 aliphatic heterocycles. The molecular formula is C30H34BrN3O4S. The number of likely N-dealkylation sites (tertiary alicyclic amines) is 1. The molecule has 0 spiro atoms. The first-order chi connectivity index (χ1) is 18.8. The van der Waals surface area contributed by atoms with E-state index >= 15 is 0 Å². The van der Waals surface area contributed by atoms with Gasteiger partial charge in [0.25, 0.3) is 5.91 Å². The highest BCUT2D eigenvalue weighted by atomic mass is 79.9. The van der Waals surface area contributed by atoms with Crippen molar-refractivity contribution in [2.45, 2.75) is 43.7 Å². The maximum absolute atomic E-state index is 13.8. The second kappa shape index (κ2) is 13.4.